The van der Waals surface area contributed by atoms with Crippen LogP contribution in [0.5, 0.6) is 0 Å². The zero-order valence-corrected chi connectivity index (χ0v) is 11.0. The first kappa shape index (κ1) is 13.7. The molecule has 0 saturated heterocycles. The van der Waals surface area contributed by atoms with Crippen LogP contribution in [0.2, 0.25) is 0 Å². The number of hydrogen-bond acceptors (Lipinski definition) is 6. The van der Waals surface area contributed by atoms with Gasteiger partial charge in [0.1, 0.15) is 17.5 Å². The first-order chi connectivity index (χ1) is 8.26. The van der Waals surface area contributed by atoms with Crippen molar-refractivity contribution >= 4 is 17.6 Å². The number of thioether (sulfide) groups is 1. The molecule has 1 rings (SSSR count). The van der Waals surface area contributed by atoms with E-state index in [1.165, 1.54) is 11.8 Å². The van der Waals surface area contributed by atoms with E-state index in [-0.39, 0.29) is 0 Å². The molecular formula is C11H17N5S. The lowest BCUT2D eigenvalue weighted by Crippen LogP contribution is -2.16. The van der Waals surface area contributed by atoms with Crippen LogP contribution < -0.4 is 11.1 Å². The van der Waals surface area contributed by atoms with E-state index in [0.717, 1.165) is 18.5 Å². The number of aryl methyl sites for hydroxylation is 1. The van der Waals surface area contributed by atoms with Crippen molar-refractivity contribution in [3.05, 3.63) is 11.3 Å². The summed E-state index contributed by atoms with van der Waals surface area (Å²) in [4.78, 5) is 8.68. The molecule has 6 heteroatoms. The first-order valence-electron chi connectivity index (χ1n) is 5.55. The number of anilines is 1. The molecule has 3 N–H and O–H groups in total. The number of nitrogens with two attached hydrogens (primary N) is 1. The fourth-order valence-electron chi connectivity index (χ4n) is 1.43. The maximum Gasteiger partial charge on any atom is 0.189 e. The van der Waals surface area contributed by atoms with Gasteiger partial charge in [-0.25, -0.2) is 9.97 Å². The summed E-state index contributed by atoms with van der Waals surface area (Å²) in [7, 11) is 0. The monoisotopic (exact) mass is 251 g/mol. The fourth-order valence-corrected chi connectivity index (χ4v) is 1.81. The molecule has 0 amide bonds. The molecule has 0 radical (unpaired) electrons. The highest BCUT2D eigenvalue weighted by Gasteiger charge is 2.12. The Morgan fingerprint density at radius 3 is 2.76 bits per heavy atom. The fraction of sp³-hybridized carbons (Fsp3) is 0.545. The van der Waals surface area contributed by atoms with Crippen LogP contribution >= 0.6 is 11.8 Å². The maximum atomic E-state index is 9.18. The summed E-state index contributed by atoms with van der Waals surface area (Å²) in [6, 6.07) is 2.17. The van der Waals surface area contributed by atoms with Crippen molar-refractivity contribution < 1.29 is 0 Å². The molecule has 0 unspecified atom stereocenters. The minimum Gasteiger partial charge on any atom is -0.368 e. The molecule has 0 aliphatic carbocycles. The molecule has 1 aromatic rings. The van der Waals surface area contributed by atoms with Gasteiger partial charge in [-0.1, -0.05) is 25.1 Å². The predicted octanol–water partition coefficient (Wildman–Crippen LogP) is 1.39. The van der Waals surface area contributed by atoms with Gasteiger partial charge >= 0.3 is 0 Å². The zero-order valence-electron chi connectivity index (χ0n) is 10.2. The van der Waals surface area contributed by atoms with Gasteiger partial charge < -0.3 is 11.1 Å². The maximum absolute atomic E-state index is 9.18. The molecule has 0 atom stereocenters. The molecule has 1 heterocycles. The lowest BCUT2D eigenvalue weighted by atomic mass is 10.1. The second kappa shape index (κ2) is 7.09. The van der Waals surface area contributed by atoms with Crippen LogP contribution in [0.4, 0.5) is 5.82 Å². The summed E-state index contributed by atoms with van der Waals surface area (Å²) in [6.45, 7) is 3.17. The second-order valence-electron chi connectivity index (χ2n) is 3.46. The molecule has 0 fully saturated rings. The van der Waals surface area contributed by atoms with Crippen molar-refractivity contribution in [1.29, 1.82) is 5.26 Å². The Bertz CT molecular complexity index is 413. The van der Waals surface area contributed by atoms with Gasteiger partial charge in [0.15, 0.2) is 5.16 Å². The minimum atomic E-state index is 0.507. The molecular weight excluding hydrogens is 234 g/mol. The predicted molar refractivity (Wildman–Crippen MR) is 70.1 cm³/mol. The van der Waals surface area contributed by atoms with Gasteiger partial charge in [0.2, 0.25) is 0 Å². The zero-order chi connectivity index (χ0) is 12.7. The smallest absolute Gasteiger partial charge is 0.189 e. The topological polar surface area (TPSA) is 87.6 Å². The van der Waals surface area contributed by atoms with E-state index < -0.39 is 0 Å². The number of nitrogens with one attached hydrogen (secondary N) is 1. The van der Waals surface area contributed by atoms with Gasteiger partial charge in [0, 0.05) is 13.1 Å². The van der Waals surface area contributed by atoms with E-state index in [9.17, 15) is 5.26 Å². The third kappa shape index (κ3) is 3.58. The largest absolute Gasteiger partial charge is 0.368 e. The van der Waals surface area contributed by atoms with Gasteiger partial charge in [0.25, 0.3) is 0 Å². The van der Waals surface area contributed by atoms with Crippen LogP contribution in [0.25, 0.3) is 0 Å². The van der Waals surface area contributed by atoms with Gasteiger partial charge in [-0.05, 0) is 12.7 Å². The Morgan fingerprint density at radius 2 is 2.24 bits per heavy atom. The lowest BCUT2D eigenvalue weighted by Gasteiger charge is -2.10. The Kier molecular flexibility index (Phi) is 5.73. The van der Waals surface area contributed by atoms with Crippen molar-refractivity contribution in [2.24, 2.45) is 5.73 Å². The summed E-state index contributed by atoms with van der Waals surface area (Å²) in [5.41, 5.74) is 6.79. The van der Waals surface area contributed by atoms with Gasteiger partial charge in [0.05, 0.1) is 5.69 Å². The van der Waals surface area contributed by atoms with Crippen LogP contribution in [0.15, 0.2) is 5.16 Å². The third-order valence-corrected chi connectivity index (χ3v) is 2.73. The molecule has 17 heavy (non-hydrogen) atoms. The van der Waals surface area contributed by atoms with Crippen molar-refractivity contribution in [2.45, 2.75) is 24.9 Å². The van der Waals surface area contributed by atoms with Gasteiger partial charge in [-0.15, -0.1) is 0 Å². The van der Waals surface area contributed by atoms with E-state index in [0.29, 0.717) is 29.6 Å². The molecule has 0 aromatic carbocycles. The highest BCUT2D eigenvalue weighted by Crippen LogP contribution is 2.20. The van der Waals surface area contributed by atoms with E-state index in [4.69, 9.17) is 5.73 Å². The Balaban J connectivity index is 3.15. The third-order valence-electron chi connectivity index (χ3n) is 2.18. The quantitative estimate of drug-likeness (QED) is 0.587. The molecule has 0 bridgehead atoms. The van der Waals surface area contributed by atoms with Crippen LogP contribution in [-0.2, 0) is 6.42 Å². The van der Waals surface area contributed by atoms with Crippen molar-refractivity contribution in [2.75, 3.05) is 24.7 Å². The molecule has 5 nitrogen and oxygen atoms in total. The van der Waals surface area contributed by atoms with E-state index in [1.807, 2.05) is 6.26 Å². The van der Waals surface area contributed by atoms with Crippen molar-refractivity contribution in [1.82, 2.24) is 9.97 Å². The number of rotatable bonds is 6. The molecule has 0 saturated carbocycles. The van der Waals surface area contributed by atoms with E-state index in [1.54, 1.807) is 0 Å². The van der Waals surface area contributed by atoms with Crippen LogP contribution in [0, 0.1) is 11.3 Å². The Morgan fingerprint density at radius 1 is 1.47 bits per heavy atom. The number of nitrogens with zero attached hydrogens (tertiary/aromatic N) is 3. The van der Waals surface area contributed by atoms with Crippen LogP contribution in [-0.4, -0.2) is 29.3 Å². The average molecular weight is 251 g/mol. The standard InChI is InChI=1S/C11H17N5S/c1-3-4-9-8(7-13)10(14-6-5-12)16-11(15-9)17-2/h3-6,12H2,1-2H3,(H,14,15,16). The van der Waals surface area contributed by atoms with Gasteiger partial charge in [-0.2, -0.15) is 5.26 Å². The summed E-state index contributed by atoms with van der Waals surface area (Å²) >= 11 is 1.47. The molecule has 0 spiro atoms. The van der Waals surface area contributed by atoms with Crippen LogP contribution in [0.3, 0.4) is 0 Å². The van der Waals surface area contributed by atoms with Crippen molar-refractivity contribution in [3.63, 3.8) is 0 Å². The van der Waals surface area contributed by atoms with Crippen molar-refractivity contribution in [3.8, 4) is 6.07 Å². The van der Waals surface area contributed by atoms with Crippen LogP contribution in [0.1, 0.15) is 24.6 Å². The Hall–Kier alpha value is -1.32. The molecule has 0 aliphatic rings. The average Bonchev–Trinajstić information content (AvgIpc) is 2.36. The first-order valence-corrected chi connectivity index (χ1v) is 6.78. The summed E-state index contributed by atoms with van der Waals surface area (Å²) in [5.74, 6) is 0.598. The SMILES string of the molecule is CCCc1nc(SC)nc(NCCN)c1C#N. The Labute approximate surface area is 106 Å². The lowest BCUT2D eigenvalue weighted by molar-refractivity contribution is 0.821. The normalized spacial score (nSPS) is 10.0. The minimum absolute atomic E-state index is 0.507. The number of hydrogen-bond donors (Lipinski definition) is 2. The van der Waals surface area contributed by atoms with E-state index in [2.05, 4.69) is 28.3 Å². The molecule has 0 aliphatic heterocycles. The number of aromatic nitrogens is 2. The van der Waals surface area contributed by atoms with Gasteiger partial charge in [-0.3, -0.25) is 0 Å². The second-order valence-corrected chi connectivity index (χ2v) is 4.23. The summed E-state index contributed by atoms with van der Waals surface area (Å²) in [5, 5.41) is 12.9. The summed E-state index contributed by atoms with van der Waals surface area (Å²) < 4.78 is 0. The highest BCUT2D eigenvalue weighted by molar-refractivity contribution is 7.98. The molecule has 92 valence electrons. The molecule has 1 aromatic heterocycles. The van der Waals surface area contributed by atoms with E-state index >= 15 is 0 Å². The summed E-state index contributed by atoms with van der Waals surface area (Å²) in [6.07, 6.45) is 3.66. The highest BCUT2D eigenvalue weighted by atomic mass is 32.2. The number of nitriles is 1.